The van der Waals surface area contributed by atoms with Crippen LogP contribution in [0.2, 0.25) is 0 Å². The van der Waals surface area contributed by atoms with Crippen molar-refractivity contribution in [2.45, 2.75) is 50.9 Å². The standard InChI is InChI=1S/C17H22N2O/c20-15-9-3-4-11-19(15)14-8-5-10-18-17(14)16-12-6-1-2-7-13(12)16/h5,8,10,12-13,16H,1-4,6-7,9,11H2/t12-,13+,16?. The summed E-state index contributed by atoms with van der Waals surface area (Å²) >= 11 is 0. The molecule has 3 fully saturated rings. The molecule has 2 heterocycles. The molecule has 1 saturated heterocycles. The molecule has 4 rings (SSSR count). The van der Waals surface area contributed by atoms with E-state index in [4.69, 9.17) is 0 Å². The van der Waals surface area contributed by atoms with Crippen molar-refractivity contribution in [1.82, 2.24) is 4.98 Å². The van der Waals surface area contributed by atoms with Crippen molar-refractivity contribution in [2.75, 3.05) is 11.4 Å². The molecule has 1 unspecified atom stereocenters. The maximum atomic E-state index is 12.2. The first-order valence-corrected chi connectivity index (χ1v) is 8.11. The van der Waals surface area contributed by atoms with Crippen molar-refractivity contribution >= 4 is 11.6 Å². The Morgan fingerprint density at radius 3 is 2.65 bits per heavy atom. The monoisotopic (exact) mass is 270 g/mol. The van der Waals surface area contributed by atoms with Gasteiger partial charge in [-0.1, -0.05) is 12.8 Å². The van der Waals surface area contributed by atoms with Crippen molar-refractivity contribution in [1.29, 1.82) is 0 Å². The Hall–Kier alpha value is -1.38. The number of hydrogen-bond acceptors (Lipinski definition) is 2. The minimum Gasteiger partial charge on any atom is -0.311 e. The van der Waals surface area contributed by atoms with Crippen LogP contribution in [0.25, 0.3) is 0 Å². The van der Waals surface area contributed by atoms with Gasteiger partial charge < -0.3 is 4.90 Å². The Morgan fingerprint density at radius 2 is 1.90 bits per heavy atom. The third-order valence-electron chi connectivity index (χ3n) is 5.40. The Balaban J connectivity index is 1.65. The van der Waals surface area contributed by atoms with Gasteiger partial charge in [-0.3, -0.25) is 9.78 Å². The Morgan fingerprint density at radius 1 is 1.10 bits per heavy atom. The lowest BCUT2D eigenvalue weighted by molar-refractivity contribution is -0.119. The number of aromatic nitrogens is 1. The summed E-state index contributed by atoms with van der Waals surface area (Å²) in [5.41, 5.74) is 2.32. The van der Waals surface area contributed by atoms with Gasteiger partial charge in [-0.2, -0.15) is 0 Å². The van der Waals surface area contributed by atoms with Crippen LogP contribution in [0.5, 0.6) is 0 Å². The fourth-order valence-electron chi connectivity index (χ4n) is 4.35. The minimum atomic E-state index is 0.286. The zero-order valence-electron chi connectivity index (χ0n) is 11.9. The van der Waals surface area contributed by atoms with Gasteiger partial charge in [0.25, 0.3) is 0 Å². The first kappa shape index (κ1) is 12.4. The van der Waals surface area contributed by atoms with Crippen LogP contribution in [0, 0.1) is 11.8 Å². The van der Waals surface area contributed by atoms with Crippen LogP contribution in [-0.4, -0.2) is 17.4 Å². The smallest absolute Gasteiger partial charge is 0.227 e. The number of fused-ring (bicyclic) bond motifs is 1. The molecule has 20 heavy (non-hydrogen) atoms. The van der Waals surface area contributed by atoms with Crippen LogP contribution >= 0.6 is 0 Å². The highest BCUT2D eigenvalue weighted by Gasteiger charge is 2.53. The van der Waals surface area contributed by atoms with Crippen LogP contribution in [0.1, 0.15) is 56.6 Å². The number of nitrogens with zero attached hydrogens (tertiary/aromatic N) is 2. The second kappa shape index (κ2) is 4.87. The van der Waals surface area contributed by atoms with E-state index >= 15 is 0 Å². The summed E-state index contributed by atoms with van der Waals surface area (Å²) < 4.78 is 0. The molecule has 0 spiro atoms. The molecular weight excluding hydrogens is 248 g/mol. The summed E-state index contributed by atoms with van der Waals surface area (Å²) in [5, 5.41) is 0. The van der Waals surface area contributed by atoms with E-state index in [0.717, 1.165) is 36.9 Å². The Bertz CT molecular complexity index is 515. The van der Waals surface area contributed by atoms with Crippen molar-refractivity contribution < 1.29 is 4.79 Å². The number of anilines is 1. The van der Waals surface area contributed by atoms with Gasteiger partial charge in [0.1, 0.15) is 0 Å². The maximum absolute atomic E-state index is 12.2. The van der Waals surface area contributed by atoms with Crippen molar-refractivity contribution in [3.63, 3.8) is 0 Å². The van der Waals surface area contributed by atoms with Gasteiger partial charge in [0, 0.05) is 25.1 Å². The van der Waals surface area contributed by atoms with Gasteiger partial charge in [0.15, 0.2) is 0 Å². The van der Waals surface area contributed by atoms with Gasteiger partial charge in [0.2, 0.25) is 5.91 Å². The molecule has 3 nitrogen and oxygen atoms in total. The summed E-state index contributed by atoms with van der Waals surface area (Å²) in [7, 11) is 0. The predicted molar refractivity (Wildman–Crippen MR) is 78.6 cm³/mol. The number of piperidine rings is 1. The quantitative estimate of drug-likeness (QED) is 0.824. The summed E-state index contributed by atoms with van der Waals surface area (Å²) in [5.74, 6) is 2.60. The normalized spacial score (nSPS) is 32.9. The van der Waals surface area contributed by atoms with Gasteiger partial charge in [-0.15, -0.1) is 0 Å². The predicted octanol–water partition coefficient (Wildman–Crippen LogP) is 3.50. The van der Waals surface area contributed by atoms with Crippen LogP contribution in [0.4, 0.5) is 5.69 Å². The van der Waals surface area contributed by atoms with Crippen LogP contribution in [0.15, 0.2) is 18.3 Å². The first-order valence-electron chi connectivity index (χ1n) is 8.11. The fourth-order valence-corrected chi connectivity index (χ4v) is 4.35. The molecule has 3 aliphatic rings. The van der Waals surface area contributed by atoms with E-state index in [0.29, 0.717) is 12.3 Å². The lowest BCUT2D eigenvalue weighted by Crippen LogP contribution is -2.36. The number of carbonyl (C=O) groups excluding carboxylic acids is 1. The van der Waals surface area contributed by atoms with Crippen LogP contribution in [-0.2, 0) is 4.79 Å². The third kappa shape index (κ3) is 1.95. The lowest BCUT2D eigenvalue weighted by Gasteiger charge is -2.28. The average Bonchev–Trinajstić information content (AvgIpc) is 3.22. The van der Waals surface area contributed by atoms with Gasteiger partial charge in [-0.05, 0) is 49.7 Å². The number of pyridine rings is 1. The van der Waals surface area contributed by atoms with Crippen molar-refractivity contribution in [3.05, 3.63) is 24.0 Å². The van der Waals surface area contributed by atoms with Gasteiger partial charge >= 0.3 is 0 Å². The lowest BCUT2D eigenvalue weighted by atomic mass is 10.0. The van der Waals surface area contributed by atoms with Crippen LogP contribution in [0.3, 0.4) is 0 Å². The first-order chi connectivity index (χ1) is 9.86. The molecule has 0 bridgehead atoms. The molecule has 1 aromatic rings. The second-order valence-corrected chi connectivity index (χ2v) is 6.55. The van der Waals surface area contributed by atoms with Gasteiger partial charge in [0.05, 0.1) is 11.4 Å². The number of hydrogen-bond donors (Lipinski definition) is 0. The fraction of sp³-hybridized carbons (Fsp3) is 0.647. The molecule has 2 aliphatic carbocycles. The molecule has 3 heteroatoms. The average molecular weight is 270 g/mol. The molecule has 1 aromatic heterocycles. The molecule has 2 saturated carbocycles. The highest BCUT2D eigenvalue weighted by atomic mass is 16.2. The third-order valence-corrected chi connectivity index (χ3v) is 5.40. The van der Waals surface area contributed by atoms with Crippen molar-refractivity contribution in [2.24, 2.45) is 11.8 Å². The molecular formula is C17H22N2O. The Kier molecular flexibility index (Phi) is 3.01. The van der Waals surface area contributed by atoms with E-state index in [1.807, 2.05) is 17.2 Å². The van der Waals surface area contributed by atoms with E-state index in [1.54, 1.807) is 0 Å². The highest BCUT2D eigenvalue weighted by Crippen LogP contribution is 2.62. The second-order valence-electron chi connectivity index (χ2n) is 6.55. The van der Waals surface area contributed by atoms with E-state index < -0.39 is 0 Å². The molecule has 1 amide bonds. The SMILES string of the molecule is O=C1CCCCN1c1cccnc1C1[C@H]2CCCC[C@@H]12. The number of carbonyl (C=O) groups is 1. The zero-order chi connectivity index (χ0) is 13.5. The van der Waals surface area contributed by atoms with E-state index in [9.17, 15) is 4.79 Å². The number of rotatable bonds is 2. The molecule has 0 N–H and O–H groups in total. The minimum absolute atomic E-state index is 0.286. The number of amides is 1. The van der Waals surface area contributed by atoms with Crippen LogP contribution < -0.4 is 4.90 Å². The zero-order valence-corrected chi connectivity index (χ0v) is 11.9. The molecule has 3 atom stereocenters. The largest absolute Gasteiger partial charge is 0.311 e. The highest BCUT2D eigenvalue weighted by molar-refractivity contribution is 5.94. The molecule has 0 radical (unpaired) electrons. The molecule has 1 aliphatic heterocycles. The topological polar surface area (TPSA) is 33.2 Å². The summed E-state index contributed by atoms with van der Waals surface area (Å²) in [6.07, 6.45) is 10.2. The van der Waals surface area contributed by atoms with Gasteiger partial charge in [-0.25, -0.2) is 0 Å². The molecule has 0 aromatic carbocycles. The molecule has 106 valence electrons. The summed E-state index contributed by atoms with van der Waals surface area (Å²) in [6.45, 7) is 0.875. The summed E-state index contributed by atoms with van der Waals surface area (Å²) in [4.78, 5) is 18.9. The summed E-state index contributed by atoms with van der Waals surface area (Å²) in [6, 6.07) is 4.09. The van der Waals surface area contributed by atoms with E-state index in [2.05, 4.69) is 11.1 Å². The van der Waals surface area contributed by atoms with E-state index in [-0.39, 0.29) is 5.91 Å². The van der Waals surface area contributed by atoms with Crippen molar-refractivity contribution in [3.8, 4) is 0 Å². The Labute approximate surface area is 120 Å². The van der Waals surface area contributed by atoms with E-state index in [1.165, 1.54) is 31.4 Å². The maximum Gasteiger partial charge on any atom is 0.227 e.